The summed E-state index contributed by atoms with van der Waals surface area (Å²) in [5, 5.41) is 3.06. The van der Waals surface area contributed by atoms with Crippen molar-refractivity contribution in [2.75, 3.05) is 5.32 Å². The first kappa shape index (κ1) is 10.4. The second-order valence-corrected chi connectivity index (χ2v) is 3.88. The van der Waals surface area contributed by atoms with Crippen LogP contribution < -0.4 is 10.1 Å². The second kappa shape index (κ2) is 3.81. The molecule has 1 heterocycles. The number of benzene rings is 1. The standard InChI is InChI=1S/C10H9BrFNO2/c1-5-10(14)13-8-2-6(4-11)7(12)3-9(8)15-5/h2-3,5H,4H2,1H3,(H,13,14). The quantitative estimate of drug-likeness (QED) is 0.799. The molecule has 5 heteroatoms. The van der Waals surface area contributed by atoms with E-state index >= 15 is 0 Å². The van der Waals surface area contributed by atoms with E-state index in [1.807, 2.05) is 0 Å². The highest BCUT2D eigenvalue weighted by molar-refractivity contribution is 9.08. The van der Waals surface area contributed by atoms with Gasteiger partial charge in [-0.2, -0.15) is 0 Å². The Bertz CT molecular complexity index is 422. The lowest BCUT2D eigenvalue weighted by Gasteiger charge is -2.23. The van der Waals surface area contributed by atoms with Gasteiger partial charge in [-0.05, 0) is 13.0 Å². The Morgan fingerprint density at radius 3 is 3.00 bits per heavy atom. The summed E-state index contributed by atoms with van der Waals surface area (Å²) in [5.41, 5.74) is 1.01. The van der Waals surface area contributed by atoms with Crippen LogP contribution in [-0.4, -0.2) is 12.0 Å². The van der Waals surface area contributed by atoms with Gasteiger partial charge in [0.05, 0.1) is 5.69 Å². The molecule has 0 aliphatic carbocycles. The molecule has 1 aromatic carbocycles. The smallest absolute Gasteiger partial charge is 0.265 e. The van der Waals surface area contributed by atoms with Crippen molar-refractivity contribution in [3.8, 4) is 5.75 Å². The molecule has 3 nitrogen and oxygen atoms in total. The van der Waals surface area contributed by atoms with Crippen LogP contribution in [0.15, 0.2) is 12.1 Å². The maximum absolute atomic E-state index is 13.4. The van der Waals surface area contributed by atoms with Gasteiger partial charge in [-0.15, -0.1) is 0 Å². The Morgan fingerprint density at radius 2 is 2.33 bits per heavy atom. The highest BCUT2D eigenvalue weighted by atomic mass is 79.9. The minimum Gasteiger partial charge on any atom is -0.479 e. The first-order chi connectivity index (χ1) is 7.11. The van der Waals surface area contributed by atoms with Gasteiger partial charge >= 0.3 is 0 Å². The number of hydrogen-bond donors (Lipinski definition) is 1. The van der Waals surface area contributed by atoms with Crippen molar-refractivity contribution in [3.05, 3.63) is 23.5 Å². The molecule has 1 aromatic rings. The molecule has 0 saturated heterocycles. The Balaban J connectivity index is 2.45. The average Bonchev–Trinajstić information content (AvgIpc) is 2.20. The maximum Gasteiger partial charge on any atom is 0.265 e. The Labute approximate surface area is 94.7 Å². The molecular weight excluding hydrogens is 265 g/mol. The van der Waals surface area contributed by atoms with Crippen LogP contribution in [0.5, 0.6) is 5.75 Å². The maximum atomic E-state index is 13.4. The van der Waals surface area contributed by atoms with Gasteiger partial charge < -0.3 is 10.1 Å². The lowest BCUT2D eigenvalue weighted by atomic mass is 10.1. The lowest BCUT2D eigenvalue weighted by Crippen LogP contribution is -2.34. The van der Waals surface area contributed by atoms with Crippen molar-refractivity contribution in [2.45, 2.75) is 18.4 Å². The summed E-state index contributed by atoms with van der Waals surface area (Å²) in [6.45, 7) is 1.62. The van der Waals surface area contributed by atoms with E-state index in [0.717, 1.165) is 0 Å². The van der Waals surface area contributed by atoms with Gasteiger partial charge in [0.2, 0.25) is 0 Å². The van der Waals surface area contributed by atoms with Gasteiger partial charge in [0.25, 0.3) is 5.91 Å². The minimum absolute atomic E-state index is 0.213. The molecule has 15 heavy (non-hydrogen) atoms. The summed E-state index contributed by atoms with van der Waals surface area (Å²) in [4.78, 5) is 11.3. The number of carbonyl (C=O) groups is 1. The molecule has 0 bridgehead atoms. The molecule has 1 amide bonds. The number of hydrogen-bond acceptors (Lipinski definition) is 2. The third-order valence-corrected chi connectivity index (χ3v) is 2.83. The summed E-state index contributed by atoms with van der Waals surface area (Å²) < 4.78 is 18.6. The molecule has 0 fully saturated rings. The van der Waals surface area contributed by atoms with E-state index in [1.54, 1.807) is 13.0 Å². The van der Waals surface area contributed by atoms with Crippen LogP contribution in [0.2, 0.25) is 0 Å². The predicted molar refractivity (Wildman–Crippen MR) is 57.8 cm³/mol. The van der Waals surface area contributed by atoms with Gasteiger partial charge in [0, 0.05) is 17.0 Å². The molecular formula is C10H9BrFNO2. The number of fused-ring (bicyclic) bond motifs is 1. The van der Waals surface area contributed by atoms with E-state index in [0.29, 0.717) is 22.3 Å². The summed E-state index contributed by atoms with van der Waals surface area (Å²) in [6, 6.07) is 2.87. The third-order valence-electron chi connectivity index (χ3n) is 2.22. The normalized spacial score (nSPS) is 19.1. The van der Waals surface area contributed by atoms with Crippen molar-refractivity contribution in [3.63, 3.8) is 0 Å². The molecule has 0 spiro atoms. The van der Waals surface area contributed by atoms with Crippen molar-refractivity contribution >= 4 is 27.5 Å². The molecule has 1 aliphatic heterocycles. The van der Waals surface area contributed by atoms with Crippen LogP contribution in [0.1, 0.15) is 12.5 Å². The Hall–Kier alpha value is -1.10. The van der Waals surface area contributed by atoms with E-state index in [2.05, 4.69) is 21.2 Å². The molecule has 1 unspecified atom stereocenters. The summed E-state index contributed by atoms with van der Waals surface area (Å²) in [7, 11) is 0. The number of nitrogens with one attached hydrogen (secondary N) is 1. The minimum atomic E-state index is -0.577. The number of alkyl halides is 1. The lowest BCUT2D eigenvalue weighted by molar-refractivity contribution is -0.122. The van der Waals surface area contributed by atoms with Crippen LogP contribution in [0, 0.1) is 5.82 Å². The first-order valence-electron chi connectivity index (χ1n) is 4.47. The van der Waals surface area contributed by atoms with Gasteiger partial charge in [0.1, 0.15) is 11.6 Å². The van der Waals surface area contributed by atoms with E-state index < -0.39 is 6.10 Å². The number of rotatable bonds is 1. The fraction of sp³-hybridized carbons (Fsp3) is 0.300. The van der Waals surface area contributed by atoms with Crippen LogP contribution in [0.25, 0.3) is 0 Å². The number of amides is 1. The first-order valence-corrected chi connectivity index (χ1v) is 5.60. The van der Waals surface area contributed by atoms with E-state index in [-0.39, 0.29) is 11.7 Å². The molecule has 1 atom stereocenters. The number of carbonyl (C=O) groups excluding carboxylic acids is 1. The van der Waals surface area contributed by atoms with E-state index in [4.69, 9.17) is 4.74 Å². The zero-order valence-corrected chi connectivity index (χ0v) is 9.60. The van der Waals surface area contributed by atoms with Gasteiger partial charge in [0.15, 0.2) is 6.10 Å². The van der Waals surface area contributed by atoms with Crippen molar-refractivity contribution in [2.24, 2.45) is 0 Å². The number of halogens is 2. The summed E-state index contributed by atoms with van der Waals surface area (Å²) in [5.74, 6) is -0.173. The highest BCUT2D eigenvalue weighted by Crippen LogP contribution is 2.32. The Kier molecular flexibility index (Phi) is 2.65. The number of anilines is 1. The molecule has 80 valence electrons. The zero-order valence-electron chi connectivity index (χ0n) is 8.01. The monoisotopic (exact) mass is 273 g/mol. The van der Waals surface area contributed by atoms with Gasteiger partial charge in [-0.3, -0.25) is 4.79 Å². The van der Waals surface area contributed by atoms with Gasteiger partial charge in [-0.25, -0.2) is 4.39 Å². The average molecular weight is 274 g/mol. The van der Waals surface area contributed by atoms with Crippen LogP contribution >= 0.6 is 15.9 Å². The van der Waals surface area contributed by atoms with Crippen molar-refractivity contribution in [1.29, 1.82) is 0 Å². The zero-order chi connectivity index (χ0) is 11.0. The molecule has 2 rings (SSSR count). The van der Waals surface area contributed by atoms with E-state index in [9.17, 15) is 9.18 Å². The fourth-order valence-electron chi connectivity index (χ4n) is 1.38. The SMILES string of the molecule is CC1Oc2cc(F)c(CBr)cc2NC1=O. The van der Waals surface area contributed by atoms with Crippen LogP contribution in [0.3, 0.4) is 0 Å². The molecule has 1 N–H and O–H groups in total. The van der Waals surface area contributed by atoms with Gasteiger partial charge in [-0.1, -0.05) is 15.9 Å². The second-order valence-electron chi connectivity index (χ2n) is 3.32. The topological polar surface area (TPSA) is 38.3 Å². The third kappa shape index (κ3) is 1.84. The fourth-order valence-corrected chi connectivity index (χ4v) is 1.81. The number of ether oxygens (including phenoxy) is 1. The molecule has 1 aliphatic rings. The Morgan fingerprint density at radius 1 is 1.60 bits per heavy atom. The largest absolute Gasteiger partial charge is 0.479 e. The van der Waals surface area contributed by atoms with E-state index in [1.165, 1.54) is 6.07 Å². The predicted octanol–water partition coefficient (Wildman–Crippen LogP) is 2.44. The molecule has 0 aromatic heterocycles. The summed E-state index contributed by atoms with van der Waals surface area (Å²) in [6.07, 6.45) is -0.577. The highest BCUT2D eigenvalue weighted by Gasteiger charge is 2.24. The van der Waals surface area contributed by atoms with Crippen LogP contribution in [-0.2, 0) is 10.1 Å². The van der Waals surface area contributed by atoms with Crippen LogP contribution in [0.4, 0.5) is 10.1 Å². The molecule has 0 saturated carbocycles. The molecule has 0 radical (unpaired) electrons. The van der Waals surface area contributed by atoms with Crippen molar-refractivity contribution in [1.82, 2.24) is 0 Å². The summed E-state index contributed by atoms with van der Waals surface area (Å²) >= 11 is 3.17. The van der Waals surface area contributed by atoms with Crippen molar-refractivity contribution < 1.29 is 13.9 Å².